The second-order valence-electron chi connectivity index (χ2n) is 3.48. The molecule has 5 heteroatoms. The van der Waals surface area contributed by atoms with Crippen LogP contribution in [0.4, 0.5) is 5.69 Å². The van der Waals surface area contributed by atoms with Gasteiger partial charge in [-0.05, 0) is 26.1 Å². The first-order chi connectivity index (χ1) is 8.19. The van der Waals surface area contributed by atoms with Crippen LogP contribution in [0.5, 0.6) is 5.75 Å². The second-order valence-corrected chi connectivity index (χ2v) is 3.48. The number of nitro benzene ring substituents is 1. The summed E-state index contributed by atoms with van der Waals surface area (Å²) in [5, 5.41) is 13.7. The molecule has 0 unspecified atom stereocenters. The van der Waals surface area contributed by atoms with Crippen LogP contribution in [0.2, 0.25) is 0 Å². The maximum absolute atomic E-state index is 10.7. The average molecular weight is 236 g/mol. The second kappa shape index (κ2) is 6.65. The molecule has 0 aliphatic heterocycles. The summed E-state index contributed by atoms with van der Waals surface area (Å²) in [7, 11) is 3.42. The Hall–Kier alpha value is -1.88. The van der Waals surface area contributed by atoms with E-state index in [1.165, 1.54) is 12.1 Å². The molecule has 17 heavy (non-hydrogen) atoms. The molecule has 0 aliphatic rings. The predicted octanol–water partition coefficient (Wildman–Crippen LogP) is 2.23. The van der Waals surface area contributed by atoms with Gasteiger partial charge in [0, 0.05) is 17.7 Å². The maximum atomic E-state index is 10.7. The predicted molar refractivity (Wildman–Crippen MR) is 67.2 cm³/mol. The first kappa shape index (κ1) is 13.2. The number of non-ortho nitro benzene ring substituents is 1. The lowest BCUT2D eigenvalue weighted by atomic mass is 10.1. The standard InChI is InChI=1S/C12H16N2O3/c1-13-8-4-3-5-10-9-11(14(15)16)6-7-12(10)17-2/h3,5-7,9,13H,4,8H2,1-2H3. The zero-order valence-electron chi connectivity index (χ0n) is 9.97. The number of methoxy groups -OCH3 is 1. The van der Waals surface area contributed by atoms with Gasteiger partial charge in [0.05, 0.1) is 12.0 Å². The first-order valence-corrected chi connectivity index (χ1v) is 5.32. The Kier molecular flexibility index (Phi) is 5.16. The fraction of sp³-hybridized carbons (Fsp3) is 0.333. The third-order valence-electron chi connectivity index (χ3n) is 2.28. The van der Waals surface area contributed by atoms with Gasteiger partial charge in [-0.25, -0.2) is 0 Å². The molecule has 0 heterocycles. The third-order valence-corrected chi connectivity index (χ3v) is 2.28. The van der Waals surface area contributed by atoms with Crippen molar-refractivity contribution in [2.75, 3.05) is 20.7 Å². The molecule has 0 aliphatic carbocycles. The Balaban J connectivity index is 2.90. The number of hydrogen-bond acceptors (Lipinski definition) is 4. The molecule has 0 amide bonds. The fourth-order valence-electron chi connectivity index (χ4n) is 1.40. The minimum atomic E-state index is -0.412. The van der Waals surface area contributed by atoms with Crippen molar-refractivity contribution in [3.8, 4) is 5.75 Å². The minimum Gasteiger partial charge on any atom is -0.496 e. The normalized spacial score (nSPS) is 10.7. The summed E-state index contributed by atoms with van der Waals surface area (Å²) in [5.41, 5.74) is 0.789. The Labute approximate surface area is 100 Å². The van der Waals surface area contributed by atoms with Crippen LogP contribution in [0.3, 0.4) is 0 Å². The highest BCUT2D eigenvalue weighted by Gasteiger charge is 2.08. The van der Waals surface area contributed by atoms with E-state index in [9.17, 15) is 10.1 Å². The average Bonchev–Trinajstić information content (AvgIpc) is 2.34. The molecule has 0 saturated carbocycles. The zero-order valence-corrected chi connectivity index (χ0v) is 9.97. The van der Waals surface area contributed by atoms with Crippen LogP contribution in [0.1, 0.15) is 12.0 Å². The highest BCUT2D eigenvalue weighted by molar-refractivity contribution is 5.60. The zero-order chi connectivity index (χ0) is 12.7. The lowest BCUT2D eigenvalue weighted by Gasteiger charge is -2.04. The molecule has 0 bridgehead atoms. The highest BCUT2D eigenvalue weighted by atomic mass is 16.6. The van der Waals surface area contributed by atoms with E-state index < -0.39 is 4.92 Å². The van der Waals surface area contributed by atoms with Gasteiger partial charge in [0.15, 0.2) is 0 Å². The van der Waals surface area contributed by atoms with E-state index in [1.807, 2.05) is 19.2 Å². The fourth-order valence-corrected chi connectivity index (χ4v) is 1.40. The number of nitro groups is 1. The summed E-state index contributed by atoms with van der Waals surface area (Å²) in [6, 6.07) is 4.55. The van der Waals surface area contributed by atoms with Gasteiger partial charge in [-0.15, -0.1) is 0 Å². The molecular formula is C12H16N2O3. The largest absolute Gasteiger partial charge is 0.496 e. The van der Waals surface area contributed by atoms with Gasteiger partial charge in [-0.1, -0.05) is 12.2 Å². The van der Waals surface area contributed by atoms with Crippen LogP contribution < -0.4 is 10.1 Å². The summed E-state index contributed by atoms with van der Waals surface area (Å²) >= 11 is 0. The third kappa shape index (κ3) is 3.88. The van der Waals surface area contributed by atoms with Crippen LogP contribution in [0.25, 0.3) is 6.08 Å². The van der Waals surface area contributed by atoms with E-state index in [2.05, 4.69) is 5.32 Å². The van der Waals surface area contributed by atoms with Crippen LogP contribution in [0, 0.1) is 10.1 Å². The van der Waals surface area contributed by atoms with Crippen molar-refractivity contribution in [3.05, 3.63) is 40.0 Å². The smallest absolute Gasteiger partial charge is 0.270 e. The highest BCUT2D eigenvalue weighted by Crippen LogP contribution is 2.25. The van der Waals surface area contributed by atoms with Crippen molar-refractivity contribution in [2.45, 2.75) is 6.42 Å². The van der Waals surface area contributed by atoms with E-state index in [0.717, 1.165) is 18.5 Å². The monoisotopic (exact) mass is 236 g/mol. The van der Waals surface area contributed by atoms with Gasteiger partial charge in [0.25, 0.3) is 5.69 Å². The molecule has 0 saturated heterocycles. The Morgan fingerprint density at radius 2 is 2.29 bits per heavy atom. The van der Waals surface area contributed by atoms with Gasteiger partial charge in [-0.3, -0.25) is 10.1 Å². The topological polar surface area (TPSA) is 64.4 Å². The van der Waals surface area contributed by atoms with Crippen molar-refractivity contribution in [3.63, 3.8) is 0 Å². The number of nitrogens with zero attached hydrogens (tertiary/aromatic N) is 1. The molecule has 1 rings (SSSR count). The lowest BCUT2D eigenvalue weighted by molar-refractivity contribution is -0.384. The van der Waals surface area contributed by atoms with Crippen molar-refractivity contribution in [2.24, 2.45) is 0 Å². The van der Waals surface area contributed by atoms with E-state index in [4.69, 9.17) is 4.74 Å². The summed E-state index contributed by atoms with van der Waals surface area (Å²) in [6.45, 7) is 0.869. The van der Waals surface area contributed by atoms with Gasteiger partial charge in [-0.2, -0.15) is 0 Å². The van der Waals surface area contributed by atoms with E-state index in [-0.39, 0.29) is 5.69 Å². The molecule has 0 radical (unpaired) electrons. The van der Waals surface area contributed by atoms with Gasteiger partial charge < -0.3 is 10.1 Å². The van der Waals surface area contributed by atoms with Crippen LogP contribution in [-0.2, 0) is 0 Å². The first-order valence-electron chi connectivity index (χ1n) is 5.32. The molecule has 1 aromatic rings. The number of ether oxygens (including phenoxy) is 1. The van der Waals surface area contributed by atoms with Crippen molar-refractivity contribution in [1.82, 2.24) is 5.32 Å². The number of hydrogen-bond donors (Lipinski definition) is 1. The van der Waals surface area contributed by atoms with E-state index in [1.54, 1.807) is 13.2 Å². The Bertz CT molecular complexity index is 416. The van der Waals surface area contributed by atoms with E-state index in [0.29, 0.717) is 5.75 Å². The quantitative estimate of drug-likeness (QED) is 0.467. The molecule has 92 valence electrons. The van der Waals surface area contributed by atoms with Crippen molar-refractivity contribution >= 4 is 11.8 Å². The van der Waals surface area contributed by atoms with E-state index >= 15 is 0 Å². The van der Waals surface area contributed by atoms with Crippen LogP contribution in [0.15, 0.2) is 24.3 Å². The molecular weight excluding hydrogens is 220 g/mol. The summed E-state index contributed by atoms with van der Waals surface area (Å²) in [6.07, 6.45) is 4.66. The molecule has 0 aromatic heterocycles. The summed E-state index contributed by atoms with van der Waals surface area (Å²) in [5.74, 6) is 0.635. The maximum Gasteiger partial charge on any atom is 0.270 e. The van der Waals surface area contributed by atoms with Gasteiger partial charge >= 0.3 is 0 Å². The minimum absolute atomic E-state index is 0.0686. The number of benzene rings is 1. The molecule has 0 fully saturated rings. The van der Waals surface area contributed by atoms with Crippen molar-refractivity contribution in [1.29, 1.82) is 0 Å². The molecule has 0 spiro atoms. The van der Waals surface area contributed by atoms with Crippen LogP contribution >= 0.6 is 0 Å². The van der Waals surface area contributed by atoms with Gasteiger partial charge in [0.1, 0.15) is 5.75 Å². The number of rotatable bonds is 6. The summed E-state index contributed by atoms with van der Waals surface area (Å²) in [4.78, 5) is 10.2. The molecule has 1 aromatic carbocycles. The van der Waals surface area contributed by atoms with Gasteiger partial charge in [0.2, 0.25) is 0 Å². The summed E-state index contributed by atoms with van der Waals surface area (Å²) < 4.78 is 5.15. The Morgan fingerprint density at radius 1 is 1.53 bits per heavy atom. The molecule has 0 atom stereocenters. The van der Waals surface area contributed by atoms with Crippen LogP contribution in [-0.4, -0.2) is 25.6 Å². The molecule has 1 N–H and O–H groups in total. The SMILES string of the molecule is CNCCC=Cc1cc([N+](=O)[O-])ccc1OC. The molecule has 5 nitrogen and oxygen atoms in total. The van der Waals surface area contributed by atoms with Crippen molar-refractivity contribution < 1.29 is 9.66 Å². The lowest BCUT2D eigenvalue weighted by Crippen LogP contribution is -2.05. The number of nitrogens with one attached hydrogen (secondary N) is 1. The Morgan fingerprint density at radius 3 is 2.88 bits per heavy atom.